The molecule has 3 aromatic heterocycles. The molecular weight excluding hydrogens is 388 g/mol. The third kappa shape index (κ3) is 4.38. The highest BCUT2D eigenvalue weighted by Crippen LogP contribution is 2.40. The van der Waals surface area contributed by atoms with Crippen LogP contribution in [-0.2, 0) is 16.1 Å². The minimum absolute atomic E-state index is 0.338. The summed E-state index contributed by atoms with van der Waals surface area (Å²) in [6, 6.07) is 2.14. The van der Waals surface area contributed by atoms with E-state index in [2.05, 4.69) is 23.1 Å². The van der Waals surface area contributed by atoms with Gasteiger partial charge in [-0.3, -0.25) is 4.98 Å². The van der Waals surface area contributed by atoms with E-state index in [0.29, 0.717) is 12.5 Å². The second kappa shape index (κ2) is 9.41. The number of pyridine rings is 2. The Labute approximate surface area is 183 Å². The maximum atomic E-state index is 12.2. The van der Waals surface area contributed by atoms with E-state index in [9.17, 15) is 4.79 Å². The summed E-state index contributed by atoms with van der Waals surface area (Å²) >= 11 is 0. The third-order valence-corrected chi connectivity index (χ3v) is 5.98. The van der Waals surface area contributed by atoms with Crippen LogP contribution < -0.4 is 0 Å². The molecule has 4 rings (SSSR count). The van der Waals surface area contributed by atoms with Gasteiger partial charge in [0, 0.05) is 53.0 Å². The number of rotatable bonds is 6. The summed E-state index contributed by atoms with van der Waals surface area (Å²) in [7, 11) is 0. The molecule has 0 amide bonds. The molecule has 6 heteroatoms. The summed E-state index contributed by atoms with van der Waals surface area (Å²) in [5, 5.41) is 5.58. The van der Waals surface area contributed by atoms with Crippen LogP contribution in [0.15, 0.2) is 30.7 Å². The van der Waals surface area contributed by atoms with Crippen molar-refractivity contribution in [1.82, 2.24) is 19.7 Å². The van der Waals surface area contributed by atoms with Gasteiger partial charge in [-0.2, -0.15) is 5.10 Å². The number of hydrogen-bond donors (Lipinski definition) is 0. The lowest BCUT2D eigenvalue weighted by Gasteiger charge is -2.24. The molecular formula is C25H30N4O2. The zero-order valence-electron chi connectivity index (χ0n) is 18.6. The van der Waals surface area contributed by atoms with Crippen molar-refractivity contribution in [3.63, 3.8) is 0 Å². The Morgan fingerprint density at radius 1 is 1.19 bits per heavy atom. The molecule has 0 radical (unpaired) electrons. The first-order valence-electron chi connectivity index (χ1n) is 11.3. The van der Waals surface area contributed by atoms with Gasteiger partial charge in [-0.15, -0.1) is 0 Å². The first-order chi connectivity index (χ1) is 15.1. The first-order valence-corrected chi connectivity index (χ1v) is 11.3. The average Bonchev–Trinajstić information content (AvgIpc) is 3.20. The maximum absolute atomic E-state index is 12.2. The molecule has 3 heterocycles. The van der Waals surface area contributed by atoms with E-state index >= 15 is 0 Å². The molecule has 1 fully saturated rings. The summed E-state index contributed by atoms with van der Waals surface area (Å²) in [6.07, 6.45) is 15.0. The van der Waals surface area contributed by atoms with Crippen LogP contribution in [0.4, 0.5) is 0 Å². The average molecular weight is 419 g/mol. The topological polar surface area (TPSA) is 69.9 Å². The summed E-state index contributed by atoms with van der Waals surface area (Å²) < 4.78 is 7.10. The Balaban J connectivity index is 2.00. The van der Waals surface area contributed by atoms with Crippen molar-refractivity contribution in [2.45, 2.75) is 65.3 Å². The van der Waals surface area contributed by atoms with Gasteiger partial charge in [0.2, 0.25) is 0 Å². The highest BCUT2D eigenvalue weighted by atomic mass is 16.5. The lowest BCUT2D eigenvalue weighted by molar-refractivity contribution is -0.137. The molecule has 1 aliphatic carbocycles. The highest BCUT2D eigenvalue weighted by Gasteiger charge is 2.25. The van der Waals surface area contributed by atoms with Crippen LogP contribution in [0.2, 0.25) is 0 Å². The van der Waals surface area contributed by atoms with Crippen LogP contribution in [0, 0.1) is 6.92 Å². The van der Waals surface area contributed by atoms with Gasteiger partial charge in [-0.05, 0) is 51.3 Å². The molecule has 0 saturated heterocycles. The number of carbonyl (C=O) groups excluding carboxylic acids is 1. The molecule has 0 aliphatic heterocycles. The van der Waals surface area contributed by atoms with Crippen molar-refractivity contribution in [3.8, 4) is 11.1 Å². The quantitative estimate of drug-likeness (QED) is 0.393. The normalized spacial score (nSPS) is 15.1. The van der Waals surface area contributed by atoms with E-state index in [-0.39, 0.29) is 5.97 Å². The molecule has 6 nitrogen and oxygen atoms in total. The molecule has 0 bridgehead atoms. The minimum atomic E-state index is -0.338. The summed E-state index contributed by atoms with van der Waals surface area (Å²) in [5.74, 6) is 0.0338. The van der Waals surface area contributed by atoms with Crippen molar-refractivity contribution in [3.05, 3.63) is 47.6 Å². The Kier molecular flexibility index (Phi) is 6.44. The number of nitrogens with zero attached hydrogens (tertiary/aromatic N) is 4. The van der Waals surface area contributed by atoms with E-state index in [4.69, 9.17) is 9.72 Å². The fraction of sp³-hybridized carbons (Fsp3) is 0.440. The van der Waals surface area contributed by atoms with E-state index in [1.165, 1.54) is 25.3 Å². The van der Waals surface area contributed by atoms with Crippen molar-refractivity contribution >= 4 is 23.1 Å². The van der Waals surface area contributed by atoms with Crippen molar-refractivity contribution < 1.29 is 9.53 Å². The van der Waals surface area contributed by atoms with Gasteiger partial charge in [0.05, 0.1) is 18.5 Å². The third-order valence-electron chi connectivity index (χ3n) is 5.98. The second-order valence-electron chi connectivity index (χ2n) is 8.15. The largest absolute Gasteiger partial charge is 0.463 e. The predicted octanol–water partition coefficient (Wildman–Crippen LogP) is 5.45. The van der Waals surface area contributed by atoms with Crippen LogP contribution in [-0.4, -0.2) is 32.3 Å². The summed E-state index contributed by atoms with van der Waals surface area (Å²) in [5.41, 5.74) is 6.08. The van der Waals surface area contributed by atoms with Crippen LogP contribution in [0.5, 0.6) is 0 Å². The van der Waals surface area contributed by atoms with Gasteiger partial charge in [0.25, 0.3) is 0 Å². The van der Waals surface area contributed by atoms with E-state index in [0.717, 1.165) is 58.4 Å². The Morgan fingerprint density at radius 2 is 2.00 bits per heavy atom. The summed E-state index contributed by atoms with van der Waals surface area (Å²) in [4.78, 5) is 21.7. The molecule has 0 atom stereocenters. The van der Waals surface area contributed by atoms with Gasteiger partial charge in [-0.1, -0.05) is 19.3 Å². The van der Waals surface area contributed by atoms with Gasteiger partial charge >= 0.3 is 5.97 Å². The number of fused-ring (bicyclic) bond motifs is 1. The molecule has 0 spiro atoms. The number of hydrogen-bond acceptors (Lipinski definition) is 5. The van der Waals surface area contributed by atoms with Gasteiger partial charge in [0.1, 0.15) is 0 Å². The van der Waals surface area contributed by atoms with Crippen molar-refractivity contribution in [2.75, 3.05) is 6.61 Å². The highest BCUT2D eigenvalue weighted by molar-refractivity contribution is 5.99. The molecule has 0 unspecified atom stereocenters. The fourth-order valence-electron chi connectivity index (χ4n) is 4.55. The Hall–Kier alpha value is -3.02. The number of carbonyl (C=O) groups is 1. The molecule has 1 aliphatic rings. The smallest absolute Gasteiger partial charge is 0.330 e. The van der Waals surface area contributed by atoms with Crippen LogP contribution in [0.25, 0.3) is 28.2 Å². The minimum Gasteiger partial charge on any atom is -0.463 e. The van der Waals surface area contributed by atoms with Gasteiger partial charge in [-0.25, -0.2) is 14.5 Å². The number of aryl methyl sites for hydroxylation is 2. The Bertz CT molecular complexity index is 1110. The fourth-order valence-corrected chi connectivity index (χ4v) is 4.55. The molecule has 31 heavy (non-hydrogen) atoms. The molecule has 0 N–H and O–H groups in total. The predicted molar refractivity (Wildman–Crippen MR) is 123 cm³/mol. The Morgan fingerprint density at radius 3 is 2.71 bits per heavy atom. The zero-order valence-corrected chi connectivity index (χ0v) is 18.6. The maximum Gasteiger partial charge on any atom is 0.330 e. The lowest BCUT2D eigenvalue weighted by Crippen LogP contribution is -2.11. The molecule has 1 saturated carbocycles. The molecule has 0 aromatic carbocycles. The molecule has 3 aromatic rings. The van der Waals surface area contributed by atoms with Crippen molar-refractivity contribution in [1.29, 1.82) is 0 Å². The first kappa shape index (κ1) is 21.2. The van der Waals surface area contributed by atoms with E-state index in [1.54, 1.807) is 0 Å². The zero-order chi connectivity index (χ0) is 21.8. The van der Waals surface area contributed by atoms with E-state index in [1.807, 2.05) is 43.2 Å². The molecule has 162 valence electrons. The number of ether oxygens (including phenoxy) is 1. The van der Waals surface area contributed by atoms with Crippen LogP contribution in [0.3, 0.4) is 0 Å². The SMILES string of the molecule is CCOC(=O)/C=C/c1c(C2CCCCC2)nc2c(cnn2CC)c1-c1cncc(C)c1. The van der Waals surface area contributed by atoms with Gasteiger partial charge in [0.15, 0.2) is 5.65 Å². The lowest BCUT2D eigenvalue weighted by atomic mass is 9.82. The van der Waals surface area contributed by atoms with Crippen LogP contribution in [0.1, 0.15) is 68.7 Å². The number of esters is 1. The number of aromatic nitrogens is 4. The standard InChI is InChI=1S/C25H30N4O2/c1-4-29-25-21(16-27-29)23(19-13-17(3)14-26-15-19)20(11-12-22(30)31-5-2)24(28-25)18-9-7-6-8-10-18/h11-16,18H,4-10H2,1-3H3/b12-11+. The van der Waals surface area contributed by atoms with Crippen LogP contribution >= 0.6 is 0 Å². The van der Waals surface area contributed by atoms with E-state index < -0.39 is 0 Å². The summed E-state index contributed by atoms with van der Waals surface area (Å²) in [6.45, 7) is 7.05. The van der Waals surface area contributed by atoms with Gasteiger partial charge < -0.3 is 4.74 Å². The van der Waals surface area contributed by atoms with Crippen molar-refractivity contribution in [2.24, 2.45) is 0 Å². The monoisotopic (exact) mass is 418 g/mol. The second-order valence-corrected chi connectivity index (χ2v) is 8.15.